The highest BCUT2D eigenvalue weighted by atomic mass is 14.6. The van der Waals surface area contributed by atoms with Crippen molar-refractivity contribution in [3.05, 3.63) is 24.9 Å². The van der Waals surface area contributed by atoms with Gasteiger partial charge in [0.25, 0.3) is 0 Å². The molecule has 0 aromatic rings. The van der Waals surface area contributed by atoms with Gasteiger partial charge in [-0.2, -0.15) is 0 Å². The molecule has 0 saturated carbocycles. The summed E-state index contributed by atoms with van der Waals surface area (Å²) in [5.41, 5.74) is 0. The van der Waals surface area contributed by atoms with Gasteiger partial charge in [0.1, 0.15) is 0 Å². The van der Waals surface area contributed by atoms with Gasteiger partial charge in [-0.15, -0.1) is 0 Å². The van der Waals surface area contributed by atoms with E-state index in [1.54, 1.807) is 18.4 Å². The molecule has 1 heteroatoms. The molecule has 0 aromatic carbocycles. The molecule has 0 aromatic heterocycles. The maximum Gasteiger partial charge on any atom is 0.0260 e. The molecular formula is C5H7N. The fourth-order valence-corrected chi connectivity index (χ4v) is 0.122. The number of aliphatic imine (C=N–C) groups is 1. The summed E-state index contributed by atoms with van der Waals surface area (Å²) in [4.78, 5) is 3.42. The molecule has 0 heterocycles. The van der Waals surface area contributed by atoms with Crippen molar-refractivity contribution < 1.29 is 0 Å². The predicted octanol–water partition coefficient (Wildman–Crippen LogP) is 1.39. The van der Waals surface area contributed by atoms with Crippen LogP contribution >= 0.6 is 0 Å². The van der Waals surface area contributed by atoms with Gasteiger partial charge in [0.05, 0.1) is 0 Å². The summed E-state index contributed by atoms with van der Waals surface area (Å²) >= 11 is 0. The van der Waals surface area contributed by atoms with E-state index in [1.165, 1.54) is 0 Å². The normalized spacial score (nSPS) is 8.67. The quantitative estimate of drug-likeness (QED) is 0.352. The topological polar surface area (TPSA) is 12.4 Å². The molecule has 0 spiro atoms. The highest BCUT2D eigenvalue weighted by molar-refractivity contribution is 5.25. The summed E-state index contributed by atoms with van der Waals surface area (Å²) in [7, 11) is 0. The standard InChI is InChI=1S/C5H7N/c1-3-4-5-6-2/h3-5H,1-2H2/b5-4-. The van der Waals surface area contributed by atoms with E-state index in [2.05, 4.69) is 18.3 Å². The van der Waals surface area contributed by atoms with Crippen LogP contribution in [-0.4, -0.2) is 6.72 Å². The molecule has 0 N–H and O–H groups in total. The third kappa shape index (κ3) is 3.15. The van der Waals surface area contributed by atoms with E-state index in [4.69, 9.17) is 0 Å². The molecule has 0 bridgehead atoms. The van der Waals surface area contributed by atoms with Crippen LogP contribution in [-0.2, 0) is 0 Å². The summed E-state index contributed by atoms with van der Waals surface area (Å²) in [6.07, 6.45) is 4.94. The summed E-state index contributed by atoms with van der Waals surface area (Å²) in [5, 5.41) is 0. The zero-order chi connectivity index (χ0) is 4.83. The van der Waals surface area contributed by atoms with Gasteiger partial charge in [-0.25, -0.2) is 0 Å². The van der Waals surface area contributed by atoms with E-state index in [0.717, 1.165) is 0 Å². The second kappa shape index (κ2) is 4.15. The first-order valence-electron chi connectivity index (χ1n) is 1.65. The zero-order valence-electron chi connectivity index (χ0n) is 3.59. The van der Waals surface area contributed by atoms with Crippen molar-refractivity contribution in [2.45, 2.75) is 0 Å². The Labute approximate surface area is 37.7 Å². The molecule has 0 radical (unpaired) electrons. The Morgan fingerprint density at radius 1 is 1.50 bits per heavy atom. The van der Waals surface area contributed by atoms with Crippen molar-refractivity contribution in [3.8, 4) is 0 Å². The lowest BCUT2D eigenvalue weighted by Crippen LogP contribution is -1.40. The van der Waals surface area contributed by atoms with E-state index in [9.17, 15) is 0 Å². The van der Waals surface area contributed by atoms with E-state index in [1.807, 2.05) is 0 Å². The van der Waals surface area contributed by atoms with E-state index in [0.29, 0.717) is 0 Å². The van der Waals surface area contributed by atoms with Crippen molar-refractivity contribution in [3.63, 3.8) is 0 Å². The van der Waals surface area contributed by atoms with E-state index >= 15 is 0 Å². The first kappa shape index (κ1) is 5.15. The molecular weight excluding hydrogens is 74.1 g/mol. The van der Waals surface area contributed by atoms with E-state index in [-0.39, 0.29) is 0 Å². The third-order valence-corrected chi connectivity index (χ3v) is 0.328. The van der Waals surface area contributed by atoms with E-state index < -0.39 is 0 Å². The number of hydrogen-bond acceptors (Lipinski definition) is 1. The molecule has 0 unspecified atom stereocenters. The highest BCUT2D eigenvalue weighted by Gasteiger charge is 1.47. The number of allylic oxidation sites excluding steroid dienone is 2. The zero-order valence-corrected chi connectivity index (χ0v) is 3.59. The largest absolute Gasteiger partial charge is 0.273 e. The highest BCUT2D eigenvalue weighted by Crippen LogP contribution is 1.68. The third-order valence-electron chi connectivity index (χ3n) is 0.328. The number of nitrogens with zero attached hydrogens (tertiary/aromatic N) is 1. The summed E-state index contributed by atoms with van der Waals surface area (Å²) in [5.74, 6) is 0. The van der Waals surface area contributed by atoms with Gasteiger partial charge in [-0.05, 0) is 12.8 Å². The van der Waals surface area contributed by atoms with Crippen LogP contribution < -0.4 is 0 Å². The number of rotatable bonds is 2. The molecule has 0 saturated heterocycles. The molecule has 0 aliphatic heterocycles. The van der Waals surface area contributed by atoms with Gasteiger partial charge in [-0.1, -0.05) is 12.7 Å². The van der Waals surface area contributed by atoms with Gasteiger partial charge in [0, 0.05) is 6.20 Å². The Morgan fingerprint density at radius 2 is 2.17 bits per heavy atom. The summed E-state index contributed by atoms with van der Waals surface area (Å²) in [6.45, 7) is 6.64. The maximum atomic E-state index is 3.42. The summed E-state index contributed by atoms with van der Waals surface area (Å²) in [6, 6.07) is 0. The predicted molar refractivity (Wildman–Crippen MR) is 28.9 cm³/mol. The van der Waals surface area contributed by atoms with Crippen LogP contribution in [0.5, 0.6) is 0 Å². The lowest BCUT2D eigenvalue weighted by molar-refractivity contribution is 1.62. The van der Waals surface area contributed by atoms with Crippen LogP contribution in [0, 0.1) is 0 Å². The fraction of sp³-hybridized carbons (Fsp3) is 0. The molecule has 1 nitrogen and oxygen atoms in total. The van der Waals surface area contributed by atoms with Crippen LogP contribution in [0.2, 0.25) is 0 Å². The maximum absolute atomic E-state index is 3.42. The first-order valence-corrected chi connectivity index (χ1v) is 1.65. The van der Waals surface area contributed by atoms with Crippen molar-refractivity contribution in [1.82, 2.24) is 0 Å². The molecule has 6 heavy (non-hydrogen) atoms. The Morgan fingerprint density at radius 3 is 2.33 bits per heavy atom. The Balaban J connectivity index is 3.17. The minimum Gasteiger partial charge on any atom is -0.273 e. The van der Waals surface area contributed by atoms with Crippen molar-refractivity contribution in [2.75, 3.05) is 0 Å². The second-order valence-corrected chi connectivity index (χ2v) is 0.760. The smallest absolute Gasteiger partial charge is 0.0260 e. The SMILES string of the molecule is C=C/C=C\N=C. The van der Waals surface area contributed by atoms with Gasteiger partial charge >= 0.3 is 0 Å². The van der Waals surface area contributed by atoms with Crippen molar-refractivity contribution in [2.24, 2.45) is 4.99 Å². The molecule has 0 fully saturated rings. The molecule has 0 aliphatic carbocycles. The Hall–Kier alpha value is -0.850. The second-order valence-electron chi connectivity index (χ2n) is 0.760. The minimum atomic E-state index is 1.58. The summed E-state index contributed by atoms with van der Waals surface area (Å²) < 4.78 is 0. The molecule has 0 aliphatic rings. The van der Waals surface area contributed by atoms with Crippen LogP contribution in [0.3, 0.4) is 0 Å². The Kier molecular flexibility index (Phi) is 3.56. The Bertz CT molecular complexity index is 62.0. The average Bonchev–Trinajstić information content (AvgIpc) is 1.61. The monoisotopic (exact) mass is 81.1 g/mol. The van der Waals surface area contributed by atoms with Crippen LogP contribution in [0.4, 0.5) is 0 Å². The van der Waals surface area contributed by atoms with Crippen LogP contribution in [0.1, 0.15) is 0 Å². The van der Waals surface area contributed by atoms with Gasteiger partial charge < -0.3 is 0 Å². The lowest BCUT2D eigenvalue weighted by atomic mass is 10.6. The van der Waals surface area contributed by atoms with Crippen LogP contribution in [0.25, 0.3) is 0 Å². The number of hydrogen-bond donors (Lipinski definition) is 0. The first-order chi connectivity index (χ1) is 2.91. The average molecular weight is 81.1 g/mol. The molecule has 32 valence electrons. The lowest BCUT2D eigenvalue weighted by Gasteiger charge is -1.61. The van der Waals surface area contributed by atoms with Gasteiger partial charge in [-0.3, -0.25) is 4.99 Å². The molecule has 0 amide bonds. The van der Waals surface area contributed by atoms with Crippen LogP contribution in [0.15, 0.2) is 29.9 Å². The minimum absolute atomic E-state index is 1.58. The molecule has 0 atom stereocenters. The van der Waals surface area contributed by atoms with Crippen molar-refractivity contribution >= 4 is 6.72 Å². The molecule has 0 rings (SSSR count). The van der Waals surface area contributed by atoms with Crippen molar-refractivity contribution in [1.29, 1.82) is 0 Å². The fourth-order valence-electron chi connectivity index (χ4n) is 0.122. The van der Waals surface area contributed by atoms with Gasteiger partial charge in [0.2, 0.25) is 0 Å². The van der Waals surface area contributed by atoms with Gasteiger partial charge in [0.15, 0.2) is 0 Å².